The van der Waals surface area contributed by atoms with Crippen molar-refractivity contribution in [1.29, 1.82) is 0 Å². The maximum Gasteiger partial charge on any atom is 0.164 e. The van der Waals surface area contributed by atoms with Crippen LogP contribution in [0.15, 0.2) is 65.7 Å². The predicted molar refractivity (Wildman–Crippen MR) is 112 cm³/mol. The topological polar surface area (TPSA) is 126 Å². The third-order valence-corrected chi connectivity index (χ3v) is 5.49. The Bertz CT molecular complexity index is 1160. The molecule has 4 aromatic rings. The highest BCUT2D eigenvalue weighted by molar-refractivity contribution is 6.00. The largest absolute Gasteiger partial charge is 0.464 e. The van der Waals surface area contributed by atoms with E-state index in [2.05, 4.69) is 15.3 Å². The molecule has 1 aromatic carbocycles. The molecular weight excluding hydrogens is 400 g/mol. The number of rotatable bonds is 6. The fourth-order valence-corrected chi connectivity index (χ4v) is 3.92. The Hall–Kier alpha value is -3.24. The molecule has 0 amide bonds. The summed E-state index contributed by atoms with van der Waals surface area (Å²) in [5, 5.41) is 34.3. The molecule has 1 aliphatic rings. The first-order valence-electron chi connectivity index (χ1n) is 9.97. The van der Waals surface area contributed by atoms with Gasteiger partial charge >= 0.3 is 0 Å². The molecule has 3 aromatic heterocycles. The molecule has 4 heterocycles. The highest BCUT2D eigenvalue weighted by Crippen LogP contribution is 2.39. The summed E-state index contributed by atoms with van der Waals surface area (Å²) in [6, 6.07) is 13.5. The van der Waals surface area contributed by atoms with Gasteiger partial charge in [0.05, 0.1) is 18.3 Å². The van der Waals surface area contributed by atoms with Crippen LogP contribution >= 0.6 is 0 Å². The van der Waals surface area contributed by atoms with Gasteiger partial charge in [-0.1, -0.05) is 30.3 Å². The van der Waals surface area contributed by atoms with Crippen molar-refractivity contribution < 1.29 is 24.5 Å². The van der Waals surface area contributed by atoms with Gasteiger partial charge in [0.25, 0.3) is 0 Å². The van der Waals surface area contributed by atoms with Gasteiger partial charge in [-0.05, 0) is 17.7 Å². The van der Waals surface area contributed by atoms with Crippen LogP contribution in [0.1, 0.15) is 11.8 Å². The van der Waals surface area contributed by atoms with Crippen molar-refractivity contribution in [3.8, 4) is 11.3 Å². The minimum atomic E-state index is -1.23. The third kappa shape index (κ3) is 3.47. The van der Waals surface area contributed by atoms with Crippen LogP contribution in [0.4, 0.5) is 5.82 Å². The van der Waals surface area contributed by atoms with Crippen LogP contribution in [0.3, 0.4) is 0 Å². The lowest BCUT2D eigenvalue weighted by Crippen LogP contribution is -2.33. The number of aliphatic hydroxyl groups excluding tert-OH is 3. The Labute approximate surface area is 177 Å². The van der Waals surface area contributed by atoms with Crippen LogP contribution in [0, 0.1) is 0 Å². The fraction of sp³-hybridized carbons (Fsp3) is 0.273. The van der Waals surface area contributed by atoms with Crippen LogP contribution < -0.4 is 5.32 Å². The van der Waals surface area contributed by atoms with Crippen molar-refractivity contribution in [2.75, 3.05) is 11.9 Å². The van der Waals surface area contributed by atoms with E-state index < -0.39 is 31.1 Å². The molecule has 4 N–H and O–H groups in total. The second-order valence-electron chi connectivity index (χ2n) is 7.42. The molecule has 5 rings (SSSR count). The number of fused-ring (bicyclic) bond motifs is 1. The van der Waals surface area contributed by atoms with E-state index in [1.165, 1.54) is 6.33 Å². The summed E-state index contributed by atoms with van der Waals surface area (Å²) in [4.78, 5) is 8.84. The second-order valence-corrected chi connectivity index (χ2v) is 7.42. The SMILES string of the molecule is OC[C@H]1O[C@@H](n2cc(-c3ccco3)c3c(NCc4ccccc4)ncnc32)[C@H](O)[C@@H]1O. The first-order chi connectivity index (χ1) is 15.2. The van der Waals surface area contributed by atoms with Crippen LogP contribution in [-0.4, -0.2) is 54.8 Å². The summed E-state index contributed by atoms with van der Waals surface area (Å²) >= 11 is 0. The number of furan rings is 1. The number of aliphatic hydroxyl groups is 3. The molecule has 0 radical (unpaired) electrons. The summed E-state index contributed by atoms with van der Waals surface area (Å²) in [6.45, 7) is 0.154. The molecule has 1 fully saturated rings. The minimum absolute atomic E-state index is 0.405. The zero-order valence-corrected chi connectivity index (χ0v) is 16.5. The number of nitrogens with one attached hydrogen (secondary N) is 1. The molecule has 9 nitrogen and oxygen atoms in total. The molecule has 31 heavy (non-hydrogen) atoms. The molecule has 9 heteroatoms. The molecule has 160 valence electrons. The summed E-state index contributed by atoms with van der Waals surface area (Å²) in [7, 11) is 0. The molecule has 0 saturated carbocycles. The summed E-state index contributed by atoms with van der Waals surface area (Å²) in [5.41, 5.74) is 2.32. The lowest BCUT2D eigenvalue weighted by atomic mass is 10.1. The summed E-state index contributed by atoms with van der Waals surface area (Å²) in [5.74, 6) is 1.21. The van der Waals surface area contributed by atoms with Crippen molar-refractivity contribution in [3.63, 3.8) is 0 Å². The lowest BCUT2D eigenvalue weighted by Gasteiger charge is -2.17. The number of anilines is 1. The molecule has 4 atom stereocenters. The number of ether oxygens (including phenoxy) is 1. The molecule has 0 spiro atoms. The highest BCUT2D eigenvalue weighted by atomic mass is 16.6. The fourth-order valence-electron chi connectivity index (χ4n) is 3.92. The van der Waals surface area contributed by atoms with E-state index in [4.69, 9.17) is 9.15 Å². The lowest BCUT2D eigenvalue weighted by molar-refractivity contribution is -0.0508. The molecular formula is C22H22N4O5. The van der Waals surface area contributed by atoms with Crippen molar-refractivity contribution in [3.05, 3.63) is 66.8 Å². The van der Waals surface area contributed by atoms with Gasteiger partial charge < -0.3 is 34.4 Å². The average Bonchev–Trinajstić information content (AvgIpc) is 3.52. The smallest absolute Gasteiger partial charge is 0.164 e. The third-order valence-electron chi connectivity index (χ3n) is 5.49. The maximum atomic E-state index is 10.5. The first-order valence-corrected chi connectivity index (χ1v) is 9.97. The van der Waals surface area contributed by atoms with E-state index in [9.17, 15) is 15.3 Å². The Morgan fingerprint density at radius 1 is 1.03 bits per heavy atom. The van der Waals surface area contributed by atoms with E-state index in [0.717, 1.165) is 5.56 Å². The van der Waals surface area contributed by atoms with Crippen LogP contribution in [0.25, 0.3) is 22.4 Å². The normalized spacial score (nSPS) is 23.5. The number of benzene rings is 1. The number of hydrogen-bond acceptors (Lipinski definition) is 8. The summed E-state index contributed by atoms with van der Waals surface area (Å²) in [6.07, 6.45) is 0.513. The number of nitrogens with zero attached hydrogens (tertiary/aromatic N) is 3. The van der Waals surface area contributed by atoms with Crippen molar-refractivity contribution in [2.24, 2.45) is 0 Å². The van der Waals surface area contributed by atoms with Gasteiger partial charge in [0.2, 0.25) is 0 Å². The number of aromatic nitrogens is 3. The zero-order valence-electron chi connectivity index (χ0n) is 16.5. The molecule has 1 aliphatic heterocycles. The van der Waals surface area contributed by atoms with Crippen LogP contribution in [0.5, 0.6) is 0 Å². The first kappa shape index (κ1) is 19.7. The Kier molecular flexibility index (Phi) is 5.16. The van der Waals surface area contributed by atoms with E-state index in [1.54, 1.807) is 23.1 Å². The maximum absolute atomic E-state index is 10.5. The molecule has 1 saturated heterocycles. The van der Waals surface area contributed by atoms with E-state index in [0.29, 0.717) is 34.7 Å². The second kappa shape index (κ2) is 8.12. The van der Waals surface area contributed by atoms with Crippen LogP contribution in [-0.2, 0) is 11.3 Å². The van der Waals surface area contributed by atoms with Gasteiger partial charge in [0.1, 0.15) is 41.9 Å². The quantitative estimate of drug-likeness (QED) is 0.371. The summed E-state index contributed by atoms with van der Waals surface area (Å²) < 4.78 is 13.0. The molecule has 0 unspecified atom stereocenters. The van der Waals surface area contributed by atoms with Gasteiger partial charge in [-0.3, -0.25) is 0 Å². The van der Waals surface area contributed by atoms with E-state index in [-0.39, 0.29) is 0 Å². The molecule has 0 aliphatic carbocycles. The van der Waals surface area contributed by atoms with Gasteiger partial charge in [-0.2, -0.15) is 0 Å². The molecule has 0 bridgehead atoms. The van der Waals surface area contributed by atoms with Gasteiger partial charge in [-0.25, -0.2) is 9.97 Å². The Morgan fingerprint density at radius 3 is 2.58 bits per heavy atom. The average molecular weight is 422 g/mol. The van der Waals surface area contributed by atoms with Crippen molar-refractivity contribution in [2.45, 2.75) is 31.1 Å². The Balaban J connectivity index is 1.60. The minimum Gasteiger partial charge on any atom is -0.464 e. The van der Waals surface area contributed by atoms with Crippen molar-refractivity contribution in [1.82, 2.24) is 14.5 Å². The van der Waals surface area contributed by atoms with Crippen molar-refractivity contribution >= 4 is 16.9 Å². The predicted octanol–water partition coefficient (Wildman–Crippen LogP) is 1.91. The van der Waals surface area contributed by atoms with Crippen LogP contribution in [0.2, 0.25) is 0 Å². The highest BCUT2D eigenvalue weighted by Gasteiger charge is 2.44. The standard InChI is InChI=1S/C22H22N4O5/c27-11-16-18(28)19(29)22(31-16)26-10-14(15-7-4-8-30-15)17-20(24-12-25-21(17)26)23-9-13-5-2-1-3-6-13/h1-8,10,12,16,18-19,22,27-29H,9,11H2,(H,23,24,25)/t16-,18-,19-,22-/m1/s1. The van der Waals surface area contributed by atoms with Gasteiger partial charge in [0.15, 0.2) is 6.23 Å². The Morgan fingerprint density at radius 2 is 1.87 bits per heavy atom. The van der Waals surface area contributed by atoms with Gasteiger partial charge in [0, 0.05) is 18.3 Å². The zero-order chi connectivity index (χ0) is 21.4. The monoisotopic (exact) mass is 422 g/mol. The number of hydrogen-bond donors (Lipinski definition) is 4. The van der Waals surface area contributed by atoms with E-state index >= 15 is 0 Å². The van der Waals surface area contributed by atoms with E-state index in [1.807, 2.05) is 36.4 Å². The van der Waals surface area contributed by atoms with Gasteiger partial charge in [-0.15, -0.1) is 0 Å².